The molecule has 1 N–H and O–H groups in total. The van der Waals surface area contributed by atoms with Crippen molar-refractivity contribution in [1.82, 2.24) is 15.1 Å². The normalized spacial score (nSPS) is 14.1. The first-order chi connectivity index (χ1) is 13.0. The van der Waals surface area contributed by atoms with Gasteiger partial charge in [0.25, 0.3) is 5.91 Å². The Morgan fingerprint density at radius 3 is 2.15 bits per heavy atom. The number of benzene rings is 1. The molecule has 1 aromatic carbocycles. The highest BCUT2D eigenvalue weighted by atomic mass is 16.2. The van der Waals surface area contributed by atoms with E-state index in [-0.39, 0.29) is 17.7 Å². The maximum absolute atomic E-state index is 12.6. The molecule has 3 amide bonds. The van der Waals surface area contributed by atoms with Crippen LogP contribution in [0.2, 0.25) is 0 Å². The van der Waals surface area contributed by atoms with Crippen molar-refractivity contribution in [3.05, 3.63) is 35.4 Å². The number of rotatable bonds is 8. The van der Waals surface area contributed by atoms with Gasteiger partial charge in [0.15, 0.2) is 0 Å². The second kappa shape index (κ2) is 10.7. The van der Waals surface area contributed by atoms with E-state index in [1.165, 1.54) is 12.5 Å². The van der Waals surface area contributed by atoms with Crippen LogP contribution >= 0.6 is 0 Å². The number of unbranched alkanes of at least 4 members (excludes halogenated alkanes) is 2. The highest BCUT2D eigenvalue weighted by Gasteiger charge is 2.24. The molecule has 148 valence electrons. The molecule has 0 spiro atoms. The molecular formula is C21H31N3O3. The molecule has 6 heteroatoms. The van der Waals surface area contributed by atoms with Gasteiger partial charge in [-0.25, -0.2) is 0 Å². The average molecular weight is 373 g/mol. The lowest BCUT2D eigenvalue weighted by atomic mass is 10.1. The Hall–Kier alpha value is -2.37. The quantitative estimate of drug-likeness (QED) is 0.711. The van der Waals surface area contributed by atoms with Gasteiger partial charge in [0.05, 0.1) is 0 Å². The van der Waals surface area contributed by atoms with Gasteiger partial charge < -0.3 is 15.1 Å². The maximum Gasteiger partial charge on any atom is 0.253 e. The van der Waals surface area contributed by atoms with Crippen molar-refractivity contribution in [1.29, 1.82) is 0 Å². The largest absolute Gasteiger partial charge is 0.356 e. The van der Waals surface area contributed by atoms with Gasteiger partial charge in [-0.3, -0.25) is 14.4 Å². The SMILES string of the molecule is CCc1ccc(C(=O)N2CCN(C(=O)CCCCCNC(C)=O)CC2)cc1. The molecule has 1 aliphatic heterocycles. The van der Waals surface area contributed by atoms with E-state index in [0.717, 1.165) is 25.7 Å². The fourth-order valence-electron chi connectivity index (χ4n) is 3.23. The number of amides is 3. The van der Waals surface area contributed by atoms with E-state index in [9.17, 15) is 14.4 Å². The number of carbonyl (C=O) groups is 3. The van der Waals surface area contributed by atoms with Crippen molar-refractivity contribution < 1.29 is 14.4 Å². The summed E-state index contributed by atoms with van der Waals surface area (Å²) in [6.45, 7) is 6.64. The summed E-state index contributed by atoms with van der Waals surface area (Å²) in [5.74, 6) is 0.191. The van der Waals surface area contributed by atoms with Crippen LogP contribution < -0.4 is 5.32 Å². The molecule has 0 radical (unpaired) electrons. The molecule has 1 aliphatic rings. The van der Waals surface area contributed by atoms with E-state index in [0.29, 0.717) is 44.7 Å². The van der Waals surface area contributed by atoms with Crippen LogP contribution in [0.25, 0.3) is 0 Å². The molecule has 0 atom stereocenters. The minimum Gasteiger partial charge on any atom is -0.356 e. The predicted molar refractivity (Wildman–Crippen MR) is 105 cm³/mol. The molecule has 0 bridgehead atoms. The first-order valence-electron chi connectivity index (χ1n) is 9.91. The van der Waals surface area contributed by atoms with Gasteiger partial charge >= 0.3 is 0 Å². The summed E-state index contributed by atoms with van der Waals surface area (Å²) in [6, 6.07) is 7.78. The number of carbonyl (C=O) groups excluding carboxylic acids is 3. The Morgan fingerprint density at radius 1 is 0.926 bits per heavy atom. The first kappa shape index (κ1) is 20.9. The fourth-order valence-corrected chi connectivity index (χ4v) is 3.23. The van der Waals surface area contributed by atoms with E-state index in [4.69, 9.17) is 0 Å². The number of piperazine rings is 1. The van der Waals surface area contributed by atoms with Crippen molar-refractivity contribution in [2.24, 2.45) is 0 Å². The van der Waals surface area contributed by atoms with Gasteiger partial charge in [-0.15, -0.1) is 0 Å². The van der Waals surface area contributed by atoms with E-state index in [1.54, 1.807) is 0 Å². The monoisotopic (exact) mass is 373 g/mol. The standard InChI is InChI=1S/C21H31N3O3/c1-3-18-8-10-19(11-9-18)21(27)24-15-13-23(14-16-24)20(26)7-5-4-6-12-22-17(2)25/h8-11H,3-7,12-16H2,1-2H3,(H,22,25). The number of aryl methyl sites for hydroxylation is 1. The average Bonchev–Trinajstić information content (AvgIpc) is 2.70. The summed E-state index contributed by atoms with van der Waals surface area (Å²) >= 11 is 0. The Kier molecular flexibility index (Phi) is 8.30. The van der Waals surface area contributed by atoms with Gasteiger partial charge in [0.2, 0.25) is 11.8 Å². The fraction of sp³-hybridized carbons (Fsp3) is 0.571. The molecular weight excluding hydrogens is 342 g/mol. The lowest BCUT2D eigenvalue weighted by Crippen LogP contribution is -2.50. The van der Waals surface area contributed by atoms with Crippen molar-refractivity contribution >= 4 is 17.7 Å². The third kappa shape index (κ3) is 6.70. The van der Waals surface area contributed by atoms with Crippen molar-refractivity contribution in [2.45, 2.75) is 46.0 Å². The van der Waals surface area contributed by atoms with Crippen LogP contribution in [0, 0.1) is 0 Å². The number of hydrogen-bond donors (Lipinski definition) is 1. The molecule has 0 saturated carbocycles. The van der Waals surface area contributed by atoms with Crippen LogP contribution in [-0.2, 0) is 16.0 Å². The third-order valence-electron chi connectivity index (χ3n) is 4.97. The number of hydrogen-bond acceptors (Lipinski definition) is 3. The summed E-state index contributed by atoms with van der Waals surface area (Å²) in [5, 5.41) is 2.76. The smallest absolute Gasteiger partial charge is 0.253 e. The number of nitrogens with zero attached hydrogens (tertiary/aromatic N) is 2. The van der Waals surface area contributed by atoms with Crippen LogP contribution in [-0.4, -0.2) is 60.2 Å². The molecule has 1 saturated heterocycles. The Labute approximate surface area is 161 Å². The molecule has 0 unspecified atom stereocenters. The zero-order valence-corrected chi connectivity index (χ0v) is 16.5. The third-order valence-corrected chi connectivity index (χ3v) is 4.97. The van der Waals surface area contributed by atoms with Crippen LogP contribution in [0.4, 0.5) is 0 Å². The summed E-state index contributed by atoms with van der Waals surface area (Å²) in [6.07, 6.45) is 4.15. The Bertz CT molecular complexity index is 635. The second-order valence-corrected chi connectivity index (χ2v) is 7.02. The van der Waals surface area contributed by atoms with Crippen molar-refractivity contribution in [3.63, 3.8) is 0 Å². The van der Waals surface area contributed by atoms with Crippen LogP contribution in [0.15, 0.2) is 24.3 Å². The van der Waals surface area contributed by atoms with Gasteiger partial charge in [-0.2, -0.15) is 0 Å². The van der Waals surface area contributed by atoms with Gasteiger partial charge in [0, 0.05) is 51.6 Å². The van der Waals surface area contributed by atoms with Crippen LogP contribution in [0.5, 0.6) is 0 Å². The van der Waals surface area contributed by atoms with E-state index >= 15 is 0 Å². The molecule has 1 heterocycles. The van der Waals surface area contributed by atoms with E-state index < -0.39 is 0 Å². The van der Waals surface area contributed by atoms with Crippen LogP contribution in [0.3, 0.4) is 0 Å². The summed E-state index contributed by atoms with van der Waals surface area (Å²) in [4.78, 5) is 39.4. The lowest BCUT2D eigenvalue weighted by molar-refractivity contribution is -0.132. The second-order valence-electron chi connectivity index (χ2n) is 7.02. The summed E-state index contributed by atoms with van der Waals surface area (Å²) < 4.78 is 0. The van der Waals surface area contributed by atoms with Gasteiger partial charge in [-0.1, -0.05) is 25.5 Å². The molecule has 1 fully saturated rings. The summed E-state index contributed by atoms with van der Waals surface area (Å²) in [5.41, 5.74) is 1.94. The summed E-state index contributed by atoms with van der Waals surface area (Å²) in [7, 11) is 0. The maximum atomic E-state index is 12.6. The van der Waals surface area contributed by atoms with Gasteiger partial charge in [-0.05, 0) is 37.0 Å². The van der Waals surface area contributed by atoms with Crippen LogP contribution in [0.1, 0.15) is 55.5 Å². The van der Waals surface area contributed by atoms with Crippen molar-refractivity contribution in [3.8, 4) is 0 Å². The van der Waals surface area contributed by atoms with Crippen molar-refractivity contribution in [2.75, 3.05) is 32.7 Å². The lowest BCUT2D eigenvalue weighted by Gasteiger charge is -2.35. The zero-order valence-electron chi connectivity index (χ0n) is 16.5. The topological polar surface area (TPSA) is 69.7 Å². The van der Waals surface area contributed by atoms with E-state index in [1.807, 2.05) is 34.1 Å². The molecule has 27 heavy (non-hydrogen) atoms. The molecule has 0 aliphatic carbocycles. The predicted octanol–water partition coefficient (Wildman–Crippen LogP) is 2.23. The minimum absolute atomic E-state index is 0.0141. The molecule has 0 aromatic heterocycles. The van der Waals surface area contributed by atoms with Gasteiger partial charge in [0.1, 0.15) is 0 Å². The first-order valence-corrected chi connectivity index (χ1v) is 9.91. The Balaban J connectivity index is 1.68. The molecule has 1 aromatic rings. The molecule has 6 nitrogen and oxygen atoms in total. The molecule has 2 rings (SSSR count). The highest BCUT2D eigenvalue weighted by Crippen LogP contribution is 2.12. The zero-order chi connectivity index (χ0) is 19.6. The highest BCUT2D eigenvalue weighted by molar-refractivity contribution is 5.94. The Morgan fingerprint density at radius 2 is 1.56 bits per heavy atom. The minimum atomic E-state index is -0.0141. The van der Waals surface area contributed by atoms with E-state index in [2.05, 4.69) is 12.2 Å². The number of nitrogens with one attached hydrogen (secondary N) is 1.